The third kappa shape index (κ3) is 7.45. The van der Waals surface area contributed by atoms with Gasteiger partial charge in [0.1, 0.15) is 41.8 Å². The smallest absolute Gasteiger partial charge is 0.339 e. The van der Waals surface area contributed by atoms with Crippen LogP contribution < -0.4 is 14.8 Å². The van der Waals surface area contributed by atoms with Gasteiger partial charge < -0.3 is 29.5 Å². The maximum absolute atomic E-state index is 11.5. The summed E-state index contributed by atoms with van der Waals surface area (Å²) in [7, 11) is 0. The number of phenolic OH excluding ortho intramolecular Hbond substituents is 1. The predicted octanol–water partition coefficient (Wildman–Crippen LogP) is 4.01. The molecule has 35 heavy (non-hydrogen) atoms. The van der Waals surface area contributed by atoms with Gasteiger partial charge in [-0.1, -0.05) is 30.3 Å². The van der Waals surface area contributed by atoms with Crippen molar-refractivity contribution in [3.63, 3.8) is 0 Å². The first kappa shape index (κ1) is 26.0. The number of rotatable bonds is 13. The van der Waals surface area contributed by atoms with Crippen LogP contribution >= 0.6 is 0 Å². The molecule has 0 aromatic heterocycles. The molecule has 0 unspecified atom stereocenters. The molecule has 0 bridgehead atoms. The number of carboxylic acids is 1. The summed E-state index contributed by atoms with van der Waals surface area (Å²) in [4.78, 5) is 11.5. The number of carboxylic acid groups (broad SMARTS) is 1. The molecule has 8 nitrogen and oxygen atoms in total. The van der Waals surface area contributed by atoms with Crippen LogP contribution in [0.3, 0.4) is 0 Å². The maximum atomic E-state index is 11.5. The summed E-state index contributed by atoms with van der Waals surface area (Å²) in [5.74, 6) is -0.0196. The molecule has 0 aliphatic heterocycles. The van der Waals surface area contributed by atoms with E-state index < -0.39 is 11.7 Å². The summed E-state index contributed by atoms with van der Waals surface area (Å²) in [6.45, 7) is 5.40. The second-order valence-electron chi connectivity index (χ2n) is 7.98. The average Bonchev–Trinajstić information content (AvgIpc) is 2.85. The fraction of sp³-hybridized carbons (Fsp3) is 0.296. The van der Waals surface area contributed by atoms with E-state index in [9.17, 15) is 20.1 Å². The molecular weight excluding hydrogens is 450 g/mol. The number of hydrogen-bond donors (Lipinski definition) is 4. The first-order valence-electron chi connectivity index (χ1n) is 11.4. The number of benzene rings is 3. The molecule has 0 saturated heterocycles. The molecule has 1 atom stereocenters. The van der Waals surface area contributed by atoms with E-state index in [0.717, 1.165) is 11.1 Å². The summed E-state index contributed by atoms with van der Waals surface area (Å²) >= 11 is 0. The average molecular weight is 482 g/mol. The van der Waals surface area contributed by atoms with Crippen LogP contribution in [0.2, 0.25) is 0 Å². The van der Waals surface area contributed by atoms with Crippen molar-refractivity contribution in [3.05, 3.63) is 77.9 Å². The van der Waals surface area contributed by atoms with E-state index in [1.807, 2.05) is 31.2 Å². The fourth-order valence-electron chi connectivity index (χ4n) is 3.47. The van der Waals surface area contributed by atoms with Crippen molar-refractivity contribution in [3.8, 4) is 28.4 Å². The Bertz CT molecular complexity index is 1110. The van der Waals surface area contributed by atoms with Crippen LogP contribution in [0, 0.1) is 0 Å². The maximum Gasteiger partial charge on any atom is 0.339 e. The van der Waals surface area contributed by atoms with Gasteiger partial charge >= 0.3 is 5.97 Å². The van der Waals surface area contributed by atoms with E-state index >= 15 is 0 Å². The number of hydrogen-bond acceptors (Lipinski definition) is 7. The van der Waals surface area contributed by atoms with Crippen molar-refractivity contribution in [2.75, 3.05) is 33.0 Å². The number of phenols is 1. The Balaban J connectivity index is 1.58. The van der Waals surface area contributed by atoms with Crippen molar-refractivity contribution < 1.29 is 34.3 Å². The lowest BCUT2D eigenvalue weighted by Crippen LogP contribution is -2.41. The van der Waals surface area contributed by atoms with Gasteiger partial charge in [-0.05, 0) is 61.4 Å². The van der Waals surface area contributed by atoms with Gasteiger partial charge in [0.25, 0.3) is 0 Å². The Morgan fingerprint density at radius 2 is 1.69 bits per heavy atom. The van der Waals surface area contributed by atoms with Crippen LogP contribution in [0.4, 0.5) is 0 Å². The highest BCUT2D eigenvalue weighted by molar-refractivity contribution is 5.92. The van der Waals surface area contributed by atoms with Gasteiger partial charge in [-0.15, -0.1) is 0 Å². The van der Waals surface area contributed by atoms with Gasteiger partial charge in [0.2, 0.25) is 0 Å². The monoisotopic (exact) mass is 481 g/mol. The standard InChI is InChI=1S/C27H31NO7/c1-3-33-15-16-35-25-17-20(9-12-24(25)26(30)31)19-7-10-23(11-8-19)34-14-13-28-27(2,32)21-5-4-6-22(29)18-21/h4-12,17-18,28-29,32H,3,13-16H2,1-2H3,(H,30,31)/t27-/m0/s1. The highest BCUT2D eigenvalue weighted by atomic mass is 16.5. The van der Waals surface area contributed by atoms with Gasteiger partial charge in [-0.25, -0.2) is 4.79 Å². The van der Waals surface area contributed by atoms with Gasteiger partial charge in [0.15, 0.2) is 0 Å². The molecule has 8 heteroatoms. The molecule has 3 rings (SSSR count). The van der Waals surface area contributed by atoms with Gasteiger partial charge in [-0.3, -0.25) is 5.32 Å². The molecule has 0 saturated carbocycles. The van der Waals surface area contributed by atoms with Crippen LogP contribution in [0.25, 0.3) is 11.1 Å². The summed E-state index contributed by atoms with van der Waals surface area (Å²) in [5, 5.41) is 32.6. The molecule has 0 aliphatic rings. The molecule has 186 valence electrons. The fourth-order valence-corrected chi connectivity index (χ4v) is 3.47. The molecule has 0 amide bonds. The zero-order chi connectivity index (χ0) is 25.3. The normalized spacial score (nSPS) is 12.7. The Kier molecular flexibility index (Phi) is 9.08. The molecule has 0 fully saturated rings. The Morgan fingerprint density at radius 3 is 2.37 bits per heavy atom. The van der Waals surface area contributed by atoms with E-state index in [0.29, 0.717) is 43.4 Å². The van der Waals surface area contributed by atoms with Crippen LogP contribution in [-0.2, 0) is 10.5 Å². The molecule has 0 aliphatic carbocycles. The highest BCUT2D eigenvalue weighted by Crippen LogP contribution is 2.29. The van der Waals surface area contributed by atoms with Crippen molar-refractivity contribution in [1.29, 1.82) is 0 Å². The third-order valence-corrected chi connectivity index (χ3v) is 5.34. The first-order valence-corrected chi connectivity index (χ1v) is 11.4. The zero-order valence-electron chi connectivity index (χ0n) is 19.9. The minimum atomic E-state index is -1.31. The molecule has 3 aromatic carbocycles. The largest absolute Gasteiger partial charge is 0.508 e. The Morgan fingerprint density at radius 1 is 0.943 bits per heavy atom. The van der Waals surface area contributed by atoms with E-state index in [1.54, 1.807) is 37.3 Å². The Hall–Kier alpha value is -3.59. The van der Waals surface area contributed by atoms with Crippen molar-refractivity contribution in [1.82, 2.24) is 5.32 Å². The predicted molar refractivity (Wildman–Crippen MR) is 132 cm³/mol. The van der Waals surface area contributed by atoms with E-state index in [2.05, 4.69) is 5.32 Å². The molecule has 0 radical (unpaired) electrons. The number of aliphatic hydroxyl groups is 1. The van der Waals surface area contributed by atoms with Gasteiger partial charge in [0.05, 0.1) is 6.61 Å². The lowest BCUT2D eigenvalue weighted by atomic mass is 10.0. The number of aromatic carboxylic acids is 1. The zero-order valence-corrected chi connectivity index (χ0v) is 19.9. The minimum absolute atomic E-state index is 0.0858. The van der Waals surface area contributed by atoms with Crippen LogP contribution in [-0.4, -0.2) is 54.3 Å². The Labute approximate surface area is 204 Å². The van der Waals surface area contributed by atoms with Crippen molar-refractivity contribution in [2.24, 2.45) is 0 Å². The van der Waals surface area contributed by atoms with Crippen LogP contribution in [0.5, 0.6) is 17.2 Å². The van der Waals surface area contributed by atoms with E-state index in [4.69, 9.17) is 14.2 Å². The molecule has 3 aromatic rings. The lowest BCUT2D eigenvalue weighted by molar-refractivity contribution is 0.0167. The number of nitrogens with one attached hydrogen (secondary N) is 1. The molecule has 0 spiro atoms. The summed E-state index contributed by atoms with van der Waals surface area (Å²) in [6, 6.07) is 18.8. The number of aromatic hydroxyl groups is 1. The number of carbonyl (C=O) groups is 1. The highest BCUT2D eigenvalue weighted by Gasteiger charge is 2.22. The van der Waals surface area contributed by atoms with Crippen LogP contribution in [0.1, 0.15) is 29.8 Å². The lowest BCUT2D eigenvalue weighted by Gasteiger charge is -2.25. The van der Waals surface area contributed by atoms with Gasteiger partial charge in [0, 0.05) is 18.7 Å². The van der Waals surface area contributed by atoms with Crippen molar-refractivity contribution >= 4 is 5.97 Å². The van der Waals surface area contributed by atoms with Gasteiger partial charge in [-0.2, -0.15) is 0 Å². The first-order chi connectivity index (χ1) is 16.8. The SMILES string of the molecule is CCOCCOc1cc(-c2ccc(OCCN[C@@](C)(O)c3cccc(O)c3)cc2)ccc1C(=O)O. The van der Waals surface area contributed by atoms with E-state index in [-0.39, 0.29) is 17.9 Å². The molecule has 0 heterocycles. The summed E-state index contributed by atoms with van der Waals surface area (Å²) < 4.78 is 16.7. The second kappa shape index (κ2) is 12.2. The number of ether oxygens (including phenoxy) is 3. The second-order valence-corrected chi connectivity index (χ2v) is 7.98. The molecular formula is C27H31NO7. The van der Waals surface area contributed by atoms with Crippen molar-refractivity contribution in [2.45, 2.75) is 19.6 Å². The summed E-state index contributed by atoms with van der Waals surface area (Å²) in [5.41, 5.74) is 1.04. The summed E-state index contributed by atoms with van der Waals surface area (Å²) in [6.07, 6.45) is 0. The quantitative estimate of drug-likeness (QED) is 0.214. The topological polar surface area (TPSA) is 117 Å². The third-order valence-electron chi connectivity index (χ3n) is 5.34. The minimum Gasteiger partial charge on any atom is -0.508 e. The molecule has 4 N–H and O–H groups in total. The van der Waals surface area contributed by atoms with Crippen LogP contribution in [0.15, 0.2) is 66.7 Å². The van der Waals surface area contributed by atoms with E-state index in [1.165, 1.54) is 12.1 Å².